The molecule has 0 atom stereocenters. The molecule has 0 unspecified atom stereocenters. The number of hydrogen-bond donors (Lipinski definition) is 2. The fourth-order valence-corrected chi connectivity index (χ4v) is 3.06. The van der Waals surface area contributed by atoms with Gasteiger partial charge < -0.3 is 10.1 Å². The van der Waals surface area contributed by atoms with E-state index in [2.05, 4.69) is 17.0 Å². The minimum Gasteiger partial charge on any atom is -0.494 e. The molecule has 1 aromatic carbocycles. The molecular weight excluding hydrogens is 288 g/mol. The van der Waals surface area contributed by atoms with Crippen molar-refractivity contribution < 1.29 is 13.2 Å². The Labute approximate surface area is 128 Å². The van der Waals surface area contributed by atoms with E-state index < -0.39 is 15.6 Å². The summed E-state index contributed by atoms with van der Waals surface area (Å²) in [6.45, 7) is 7.73. The van der Waals surface area contributed by atoms with Crippen LogP contribution in [0.4, 0.5) is 0 Å². The Morgan fingerprint density at radius 2 is 1.81 bits per heavy atom. The maximum absolute atomic E-state index is 11.3. The lowest BCUT2D eigenvalue weighted by molar-refractivity contribution is 0.317. The summed E-state index contributed by atoms with van der Waals surface area (Å²) in [6.07, 6.45) is 2.16. The van der Waals surface area contributed by atoms with E-state index in [1.54, 1.807) is 0 Å². The molecule has 6 heteroatoms. The molecule has 0 amide bonds. The van der Waals surface area contributed by atoms with Crippen LogP contribution in [0.25, 0.3) is 0 Å². The van der Waals surface area contributed by atoms with Gasteiger partial charge in [-0.25, -0.2) is 13.1 Å². The fraction of sp³-hybridized carbons (Fsp3) is 0.600. The summed E-state index contributed by atoms with van der Waals surface area (Å²) in [5.41, 5.74) is 0.617. The van der Waals surface area contributed by atoms with E-state index in [1.807, 2.05) is 38.1 Å². The van der Waals surface area contributed by atoms with Gasteiger partial charge in [-0.15, -0.1) is 0 Å². The van der Waals surface area contributed by atoms with Crippen LogP contribution in [0.1, 0.15) is 32.8 Å². The molecule has 2 N–H and O–H groups in total. The van der Waals surface area contributed by atoms with Gasteiger partial charge in [-0.05, 0) is 38.0 Å². The average molecular weight is 314 g/mol. The number of benzene rings is 1. The van der Waals surface area contributed by atoms with Gasteiger partial charge >= 0.3 is 0 Å². The largest absolute Gasteiger partial charge is 0.494 e. The Morgan fingerprint density at radius 3 is 2.33 bits per heavy atom. The van der Waals surface area contributed by atoms with Crippen molar-refractivity contribution in [3.8, 4) is 5.75 Å². The second-order valence-corrected chi connectivity index (χ2v) is 7.60. The molecule has 21 heavy (non-hydrogen) atoms. The lowest BCUT2D eigenvalue weighted by atomic mass is 10.1. The van der Waals surface area contributed by atoms with Crippen LogP contribution in [0.3, 0.4) is 0 Å². The Hall–Kier alpha value is -1.11. The van der Waals surface area contributed by atoms with E-state index in [1.165, 1.54) is 6.26 Å². The lowest BCUT2D eigenvalue weighted by Gasteiger charge is -2.25. The van der Waals surface area contributed by atoms with Crippen LogP contribution in [0.2, 0.25) is 0 Å². The van der Waals surface area contributed by atoms with E-state index >= 15 is 0 Å². The van der Waals surface area contributed by atoms with E-state index in [9.17, 15) is 8.42 Å². The smallest absolute Gasteiger partial charge is 0.209 e. The van der Waals surface area contributed by atoms with Gasteiger partial charge in [-0.1, -0.05) is 19.1 Å². The van der Waals surface area contributed by atoms with Crippen LogP contribution < -0.4 is 14.8 Å². The van der Waals surface area contributed by atoms with Gasteiger partial charge in [0.1, 0.15) is 5.75 Å². The average Bonchev–Trinajstić information content (AvgIpc) is 2.34. The van der Waals surface area contributed by atoms with E-state index in [0.717, 1.165) is 24.3 Å². The predicted octanol–water partition coefficient (Wildman–Crippen LogP) is 1.89. The molecule has 5 nitrogen and oxygen atoms in total. The summed E-state index contributed by atoms with van der Waals surface area (Å²) in [6, 6.07) is 7.92. The van der Waals surface area contributed by atoms with Crippen molar-refractivity contribution in [3.63, 3.8) is 0 Å². The molecule has 0 aliphatic rings. The Balaban J connectivity index is 2.41. The highest BCUT2D eigenvalue weighted by molar-refractivity contribution is 7.88. The van der Waals surface area contributed by atoms with E-state index in [0.29, 0.717) is 13.1 Å². The van der Waals surface area contributed by atoms with Gasteiger partial charge in [-0.2, -0.15) is 0 Å². The third-order valence-corrected chi connectivity index (χ3v) is 3.68. The predicted molar refractivity (Wildman–Crippen MR) is 86.0 cm³/mol. The molecule has 120 valence electrons. The Bertz CT molecular complexity index is 524. The normalized spacial score (nSPS) is 12.4. The summed E-state index contributed by atoms with van der Waals surface area (Å²) < 4.78 is 30.6. The van der Waals surface area contributed by atoms with Crippen LogP contribution in [0, 0.1) is 0 Å². The van der Waals surface area contributed by atoms with Crippen LogP contribution in [0.15, 0.2) is 24.3 Å². The van der Waals surface area contributed by atoms with Gasteiger partial charge in [0.15, 0.2) is 0 Å². The van der Waals surface area contributed by atoms with Crippen molar-refractivity contribution in [2.45, 2.75) is 39.3 Å². The number of ether oxygens (including phenoxy) is 1. The molecule has 1 rings (SSSR count). The van der Waals surface area contributed by atoms with Gasteiger partial charge in [0.2, 0.25) is 10.0 Å². The third-order valence-electron chi connectivity index (χ3n) is 2.75. The molecule has 0 aliphatic carbocycles. The lowest BCUT2D eigenvalue weighted by Crippen LogP contribution is -2.49. The molecule has 0 spiro atoms. The second-order valence-electron chi connectivity index (χ2n) is 5.85. The molecule has 0 fully saturated rings. The first-order valence-corrected chi connectivity index (χ1v) is 9.02. The third kappa shape index (κ3) is 8.04. The maximum Gasteiger partial charge on any atom is 0.209 e. The molecule has 1 aromatic rings. The van der Waals surface area contributed by atoms with Crippen molar-refractivity contribution in [2.75, 3.05) is 19.4 Å². The van der Waals surface area contributed by atoms with Crippen molar-refractivity contribution >= 4 is 10.0 Å². The molecule has 0 heterocycles. The Kier molecular flexibility index (Phi) is 6.64. The highest BCUT2D eigenvalue weighted by Crippen LogP contribution is 2.12. The first-order valence-electron chi connectivity index (χ1n) is 7.13. The minimum absolute atomic E-state index is 0.516. The van der Waals surface area contributed by atoms with Gasteiger partial charge in [0, 0.05) is 18.6 Å². The number of hydrogen-bond acceptors (Lipinski definition) is 4. The topological polar surface area (TPSA) is 67.4 Å². The molecule has 0 saturated carbocycles. The standard InChI is InChI=1S/C15H26N2O3S/c1-5-10-20-14-8-6-13(7-9-14)11-16-12-15(2,3)17-21(4,18)19/h6-9,16-17H,5,10-12H2,1-4H3. The van der Waals surface area contributed by atoms with Crippen molar-refractivity contribution in [1.29, 1.82) is 0 Å². The molecule has 0 bridgehead atoms. The molecular formula is C15H26N2O3S. The van der Waals surface area contributed by atoms with Crippen LogP contribution in [-0.2, 0) is 16.6 Å². The minimum atomic E-state index is -3.20. The highest BCUT2D eigenvalue weighted by Gasteiger charge is 2.21. The quantitative estimate of drug-likeness (QED) is 0.730. The number of sulfonamides is 1. The zero-order valence-electron chi connectivity index (χ0n) is 13.3. The zero-order valence-corrected chi connectivity index (χ0v) is 14.1. The fourth-order valence-electron chi connectivity index (χ4n) is 1.98. The van der Waals surface area contributed by atoms with Gasteiger partial charge in [0.25, 0.3) is 0 Å². The Morgan fingerprint density at radius 1 is 1.19 bits per heavy atom. The van der Waals surface area contributed by atoms with E-state index in [4.69, 9.17) is 4.74 Å². The zero-order chi connectivity index (χ0) is 15.9. The first-order chi connectivity index (χ1) is 9.72. The maximum atomic E-state index is 11.3. The summed E-state index contributed by atoms with van der Waals surface area (Å²) in [4.78, 5) is 0. The summed E-state index contributed by atoms with van der Waals surface area (Å²) in [5, 5.41) is 3.26. The monoisotopic (exact) mass is 314 g/mol. The summed E-state index contributed by atoms with van der Waals surface area (Å²) in [5.74, 6) is 0.875. The summed E-state index contributed by atoms with van der Waals surface area (Å²) in [7, 11) is -3.20. The number of nitrogens with one attached hydrogen (secondary N) is 2. The van der Waals surface area contributed by atoms with E-state index in [-0.39, 0.29) is 0 Å². The first kappa shape index (κ1) is 17.9. The molecule has 0 aromatic heterocycles. The molecule has 0 radical (unpaired) electrons. The van der Waals surface area contributed by atoms with Crippen LogP contribution >= 0.6 is 0 Å². The van der Waals surface area contributed by atoms with Crippen molar-refractivity contribution in [1.82, 2.24) is 10.0 Å². The van der Waals surface area contributed by atoms with Crippen molar-refractivity contribution in [3.05, 3.63) is 29.8 Å². The van der Waals surface area contributed by atoms with Crippen LogP contribution in [-0.4, -0.2) is 33.4 Å². The van der Waals surface area contributed by atoms with Gasteiger partial charge in [0.05, 0.1) is 12.9 Å². The van der Waals surface area contributed by atoms with Gasteiger partial charge in [-0.3, -0.25) is 0 Å². The molecule has 0 saturated heterocycles. The summed E-state index contributed by atoms with van der Waals surface area (Å²) >= 11 is 0. The van der Waals surface area contributed by atoms with Crippen LogP contribution in [0.5, 0.6) is 5.75 Å². The highest BCUT2D eigenvalue weighted by atomic mass is 32.2. The SMILES string of the molecule is CCCOc1ccc(CNCC(C)(C)NS(C)(=O)=O)cc1. The van der Waals surface area contributed by atoms with Crippen molar-refractivity contribution in [2.24, 2.45) is 0 Å². The molecule has 0 aliphatic heterocycles. The number of rotatable bonds is 9. The second kappa shape index (κ2) is 7.77.